The van der Waals surface area contributed by atoms with Crippen molar-refractivity contribution in [3.8, 4) is 0 Å². The zero-order chi connectivity index (χ0) is 16.8. The molecule has 0 aliphatic heterocycles. The molecule has 0 aliphatic rings. The molecule has 1 N–H and O–H groups in total. The van der Waals surface area contributed by atoms with E-state index in [1.165, 1.54) is 16.2 Å². The highest BCUT2D eigenvalue weighted by Gasteiger charge is 2.15. The van der Waals surface area contributed by atoms with Gasteiger partial charge in [-0.3, -0.25) is 4.79 Å². The first-order valence-electron chi connectivity index (χ1n) is 8.34. The minimum absolute atomic E-state index is 0.0795. The standard InChI is InChI=1S/C23H15NO/c25-23(24-18-7-2-1-3-8-18)20-14-12-17-10-9-15-5-4-6-16-11-13-19(20)22(17)21(15)16/h1-14H,(H,24,25). The highest BCUT2D eigenvalue weighted by molar-refractivity contribution is 6.27. The lowest BCUT2D eigenvalue weighted by Gasteiger charge is -2.14. The van der Waals surface area contributed by atoms with E-state index >= 15 is 0 Å². The molecule has 0 saturated carbocycles. The molecule has 2 heteroatoms. The van der Waals surface area contributed by atoms with Crippen molar-refractivity contribution >= 4 is 43.9 Å². The van der Waals surface area contributed by atoms with Gasteiger partial charge in [0.2, 0.25) is 0 Å². The second kappa shape index (κ2) is 5.32. The van der Waals surface area contributed by atoms with E-state index in [0.29, 0.717) is 5.56 Å². The van der Waals surface area contributed by atoms with Gasteiger partial charge in [-0.1, -0.05) is 66.7 Å². The molecular weight excluding hydrogens is 306 g/mol. The van der Waals surface area contributed by atoms with Crippen molar-refractivity contribution in [1.29, 1.82) is 0 Å². The molecule has 0 aliphatic carbocycles. The molecule has 25 heavy (non-hydrogen) atoms. The van der Waals surface area contributed by atoms with E-state index in [9.17, 15) is 4.79 Å². The molecule has 0 aromatic heterocycles. The third-order valence-corrected chi connectivity index (χ3v) is 4.80. The molecule has 1 amide bonds. The van der Waals surface area contributed by atoms with Gasteiger partial charge in [0, 0.05) is 11.3 Å². The number of para-hydroxylation sites is 1. The molecule has 118 valence electrons. The van der Waals surface area contributed by atoms with E-state index < -0.39 is 0 Å². The minimum atomic E-state index is -0.0795. The Hall–Kier alpha value is -3.39. The third-order valence-electron chi connectivity index (χ3n) is 4.80. The van der Waals surface area contributed by atoms with Crippen molar-refractivity contribution in [2.24, 2.45) is 0 Å². The fourth-order valence-corrected chi connectivity index (χ4v) is 3.65. The number of carbonyl (C=O) groups is 1. The molecule has 0 spiro atoms. The first kappa shape index (κ1) is 14.0. The summed E-state index contributed by atoms with van der Waals surface area (Å²) in [4.78, 5) is 12.8. The van der Waals surface area contributed by atoms with Crippen LogP contribution in [0.5, 0.6) is 0 Å². The number of anilines is 1. The van der Waals surface area contributed by atoms with E-state index in [1.807, 2.05) is 42.5 Å². The summed E-state index contributed by atoms with van der Waals surface area (Å²) in [6.07, 6.45) is 0. The Kier molecular flexibility index (Phi) is 2.98. The fourth-order valence-electron chi connectivity index (χ4n) is 3.65. The Morgan fingerprint density at radius 1 is 0.600 bits per heavy atom. The normalized spacial score (nSPS) is 11.4. The second-order valence-electron chi connectivity index (χ2n) is 6.29. The molecule has 5 rings (SSSR count). The maximum Gasteiger partial charge on any atom is 0.256 e. The Bertz CT molecular complexity index is 1210. The molecule has 5 aromatic carbocycles. The van der Waals surface area contributed by atoms with Gasteiger partial charge in [0.15, 0.2) is 0 Å². The van der Waals surface area contributed by atoms with Crippen LogP contribution in [0.4, 0.5) is 5.69 Å². The van der Waals surface area contributed by atoms with Crippen LogP contribution in [0.3, 0.4) is 0 Å². The Morgan fingerprint density at radius 2 is 1.24 bits per heavy atom. The van der Waals surface area contributed by atoms with Crippen molar-refractivity contribution in [3.05, 3.63) is 90.5 Å². The molecule has 0 saturated heterocycles. The van der Waals surface area contributed by atoms with E-state index in [-0.39, 0.29) is 5.91 Å². The predicted molar refractivity (Wildman–Crippen MR) is 105 cm³/mol. The average molecular weight is 321 g/mol. The smallest absolute Gasteiger partial charge is 0.256 e. The van der Waals surface area contributed by atoms with E-state index in [4.69, 9.17) is 0 Å². The summed E-state index contributed by atoms with van der Waals surface area (Å²) in [5.74, 6) is -0.0795. The summed E-state index contributed by atoms with van der Waals surface area (Å²) < 4.78 is 0. The Balaban J connectivity index is 1.75. The third kappa shape index (κ3) is 2.15. The second-order valence-corrected chi connectivity index (χ2v) is 6.29. The molecule has 5 aromatic rings. The fraction of sp³-hybridized carbons (Fsp3) is 0. The highest BCUT2D eigenvalue weighted by Crippen LogP contribution is 2.36. The summed E-state index contributed by atoms with van der Waals surface area (Å²) in [5.41, 5.74) is 1.51. The van der Waals surface area contributed by atoms with Crippen LogP contribution < -0.4 is 5.32 Å². The molecule has 0 fully saturated rings. The maximum atomic E-state index is 12.8. The number of hydrogen-bond acceptors (Lipinski definition) is 1. The van der Waals surface area contributed by atoms with Crippen molar-refractivity contribution in [2.75, 3.05) is 5.32 Å². The van der Waals surface area contributed by atoms with Gasteiger partial charge in [-0.25, -0.2) is 0 Å². The topological polar surface area (TPSA) is 29.1 Å². The lowest BCUT2D eigenvalue weighted by molar-refractivity contribution is 0.102. The van der Waals surface area contributed by atoms with Crippen molar-refractivity contribution in [3.63, 3.8) is 0 Å². The monoisotopic (exact) mass is 321 g/mol. The Morgan fingerprint density at radius 3 is 2.00 bits per heavy atom. The zero-order valence-corrected chi connectivity index (χ0v) is 13.5. The van der Waals surface area contributed by atoms with Gasteiger partial charge in [0.05, 0.1) is 0 Å². The van der Waals surface area contributed by atoms with Gasteiger partial charge in [0.25, 0.3) is 5.91 Å². The Labute approximate surface area is 145 Å². The van der Waals surface area contributed by atoms with Gasteiger partial charge < -0.3 is 5.32 Å². The molecule has 0 unspecified atom stereocenters. The number of benzene rings is 5. The first-order chi connectivity index (χ1) is 12.3. The van der Waals surface area contributed by atoms with E-state index in [2.05, 4.69) is 47.8 Å². The number of carbonyl (C=O) groups excluding carboxylic acids is 1. The minimum Gasteiger partial charge on any atom is -0.322 e. The molecule has 2 nitrogen and oxygen atoms in total. The molecule has 0 bridgehead atoms. The van der Waals surface area contributed by atoms with Gasteiger partial charge in [0.1, 0.15) is 0 Å². The number of nitrogens with one attached hydrogen (secondary N) is 1. The van der Waals surface area contributed by atoms with Crippen molar-refractivity contribution in [1.82, 2.24) is 0 Å². The van der Waals surface area contributed by atoms with Gasteiger partial charge >= 0.3 is 0 Å². The van der Waals surface area contributed by atoms with Crippen LogP contribution in [0.25, 0.3) is 32.3 Å². The van der Waals surface area contributed by atoms with Crippen molar-refractivity contribution < 1.29 is 4.79 Å². The van der Waals surface area contributed by atoms with E-state index in [0.717, 1.165) is 21.8 Å². The highest BCUT2D eigenvalue weighted by atomic mass is 16.1. The number of amides is 1. The lowest BCUT2D eigenvalue weighted by atomic mass is 9.92. The quantitative estimate of drug-likeness (QED) is 0.407. The largest absolute Gasteiger partial charge is 0.322 e. The van der Waals surface area contributed by atoms with Crippen LogP contribution in [-0.4, -0.2) is 5.91 Å². The zero-order valence-electron chi connectivity index (χ0n) is 13.5. The lowest BCUT2D eigenvalue weighted by Crippen LogP contribution is -2.12. The van der Waals surface area contributed by atoms with Crippen LogP contribution in [0, 0.1) is 0 Å². The van der Waals surface area contributed by atoms with Crippen LogP contribution in [-0.2, 0) is 0 Å². The molecule has 0 radical (unpaired) electrons. The van der Waals surface area contributed by atoms with Crippen LogP contribution >= 0.6 is 0 Å². The maximum absolute atomic E-state index is 12.8. The average Bonchev–Trinajstić information content (AvgIpc) is 2.67. The summed E-state index contributed by atoms with van der Waals surface area (Å²) >= 11 is 0. The summed E-state index contributed by atoms with van der Waals surface area (Å²) in [7, 11) is 0. The van der Waals surface area contributed by atoms with Gasteiger partial charge in [-0.2, -0.15) is 0 Å². The van der Waals surface area contributed by atoms with Crippen LogP contribution in [0.1, 0.15) is 10.4 Å². The van der Waals surface area contributed by atoms with Gasteiger partial charge in [-0.15, -0.1) is 0 Å². The van der Waals surface area contributed by atoms with E-state index in [1.54, 1.807) is 0 Å². The SMILES string of the molecule is O=C(Nc1ccccc1)c1ccc2ccc3cccc4ccc1c2c34. The van der Waals surface area contributed by atoms with Crippen LogP contribution in [0.15, 0.2) is 84.9 Å². The summed E-state index contributed by atoms with van der Waals surface area (Å²) in [6.45, 7) is 0. The summed E-state index contributed by atoms with van der Waals surface area (Å²) in [5, 5.41) is 9.95. The molecule has 0 atom stereocenters. The number of hydrogen-bond donors (Lipinski definition) is 1. The first-order valence-corrected chi connectivity index (χ1v) is 8.34. The van der Waals surface area contributed by atoms with Crippen molar-refractivity contribution in [2.45, 2.75) is 0 Å². The molecular formula is C23H15NO. The van der Waals surface area contributed by atoms with Crippen LogP contribution in [0.2, 0.25) is 0 Å². The molecule has 0 heterocycles. The number of rotatable bonds is 2. The predicted octanol–water partition coefficient (Wildman–Crippen LogP) is 5.84. The summed E-state index contributed by atoms with van der Waals surface area (Å²) in [6, 6.07) is 28.3. The van der Waals surface area contributed by atoms with Gasteiger partial charge in [-0.05, 0) is 50.5 Å².